The Hall–Kier alpha value is -4.94. The highest BCUT2D eigenvalue weighted by atomic mass is 14.4. The normalized spacial score (nSPS) is 17.7. The van der Waals surface area contributed by atoms with Gasteiger partial charge in [0.15, 0.2) is 0 Å². The molecule has 2 atom stereocenters. The topological polar surface area (TPSA) is 0 Å². The summed E-state index contributed by atoms with van der Waals surface area (Å²) in [6.45, 7) is 4.87. The first-order valence-electron chi connectivity index (χ1n) is 17.3. The van der Waals surface area contributed by atoms with E-state index in [4.69, 9.17) is 0 Å². The van der Waals surface area contributed by atoms with Crippen LogP contribution in [0.3, 0.4) is 0 Å². The first-order valence-corrected chi connectivity index (χ1v) is 17.3. The molecular weight excluding hydrogens is 565 g/mol. The minimum Gasteiger partial charge on any atom is -0.0836 e. The van der Waals surface area contributed by atoms with Crippen molar-refractivity contribution in [1.82, 2.24) is 0 Å². The van der Waals surface area contributed by atoms with Gasteiger partial charge in [0.05, 0.1) is 0 Å². The van der Waals surface area contributed by atoms with E-state index in [0.717, 1.165) is 19.3 Å². The average Bonchev–Trinajstić information content (AvgIpc) is 3.55. The molecule has 47 heavy (non-hydrogen) atoms. The van der Waals surface area contributed by atoms with Crippen LogP contribution in [-0.4, -0.2) is 0 Å². The van der Waals surface area contributed by atoms with Gasteiger partial charge in [-0.2, -0.15) is 0 Å². The molecule has 3 aliphatic rings. The van der Waals surface area contributed by atoms with Gasteiger partial charge in [-0.1, -0.05) is 165 Å². The van der Waals surface area contributed by atoms with E-state index in [9.17, 15) is 0 Å². The minimum absolute atomic E-state index is 0.0516. The molecule has 0 radical (unpaired) electrons. The zero-order chi connectivity index (χ0) is 31.5. The van der Waals surface area contributed by atoms with Crippen molar-refractivity contribution < 1.29 is 0 Å². The maximum Gasteiger partial charge on any atom is 0.0159 e. The molecule has 0 nitrogen and oxygen atoms in total. The molecule has 6 aromatic rings. The van der Waals surface area contributed by atoms with Gasteiger partial charge in [0.2, 0.25) is 0 Å². The van der Waals surface area contributed by atoms with Crippen molar-refractivity contribution in [2.45, 2.75) is 56.8 Å². The van der Waals surface area contributed by atoms with Gasteiger partial charge in [0.25, 0.3) is 0 Å². The Morgan fingerprint density at radius 2 is 1.36 bits per heavy atom. The molecule has 0 bridgehead atoms. The molecule has 6 aromatic carbocycles. The zero-order valence-electron chi connectivity index (χ0n) is 27.3. The second-order valence-electron chi connectivity index (χ2n) is 14.3. The lowest BCUT2D eigenvalue weighted by Gasteiger charge is -2.24. The summed E-state index contributed by atoms with van der Waals surface area (Å²) in [5.41, 5.74) is 17.4. The lowest BCUT2D eigenvalue weighted by Crippen LogP contribution is -2.16. The van der Waals surface area contributed by atoms with Gasteiger partial charge in [-0.3, -0.25) is 0 Å². The van der Waals surface area contributed by atoms with Crippen molar-refractivity contribution in [3.05, 3.63) is 196 Å². The molecule has 0 aliphatic heterocycles. The van der Waals surface area contributed by atoms with Gasteiger partial charge in [-0.15, -0.1) is 0 Å². The van der Waals surface area contributed by atoms with Crippen LogP contribution >= 0.6 is 0 Å². The van der Waals surface area contributed by atoms with Crippen molar-refractivity contribution in [2.24, 2.45) is 0 Å². The monoisotopic (exact) mass is 604 g/mol. The van der Waals surface area contributed by atoms with Crippen molar-refractivity contribution in [3.63, 3.8) is 0 Å². The predicted octanol–water partition coefficient (Wildman–Crippen LogP) is 12.0. The summed E-state index contributed by atoms with van der Waals surface area (Å²) in [7, 11) is 0. The molecular formula is C47H40. The maximum absolute atomic E-state index is 2.54. The summed E-state index contributed by atoms with van der Waals surface area (Å²) in [6.07, 6.45) is 9.10. The first-order chi connectivity index (χ1) is 23.1. The van der Waals surface area contributed by atoms with Gasteiger partial charge >= 0.3 is 0 Å². The van der Waals surface area contributed by atoms with E-state index in [-0.39, 0.29) is 11.3 Å². The Labute approximate surface area is 279 Å². The third kappa shape index (κ3) is 4.65. The predicted molar refractivity (Wildman–Crippen MR) is 198 cm³/mol. The van der Waals surface area contributed by atoms with Crippen LogP contribution in [0.25, 0.3) is 27.5 Å². The molecule has 0 saturated heterocycles. The van der Waals surface area contributed by atoms with Crippen LogP contribution in [0.2, 0.25) is 0 Å². The Balaban J connectivity index is 1.06. The number of allylic oxidation sites excluding steroid dienone is 4. The van der Waals surface area contributed by atoms with Gasteiger partial charge in [0.1, 0.15) is 0 Å². The van der Waals surface area contributed by atoms with Gasteiger partial charge in [0, 0.05) is 17.3 Å². The Morgan fingerprint density at radius 1 is 0.660 bits per heavy atom. The van der Waals surface area contributed by atoms with Gasteiger partial charge in [-0.25, -0.2) is 0 Å². The van der Waals surface area contributed by atoms with Crippen LogP contribution in [0.4, 0.5) is 0 Å². The van der Waals surface area contributed by atoms with Crippen molar-refractivity contribution in [3.8, 4) is 11.1 Å². The van der Waals surface area contributed by atoms with Crippen molar-refractivity contribution in [1.29, 1.82) is 0 Å². The summed E-state index contributed by atoms with van der Waals surface area (Å²) < 4.78 is 0. The number of fused-ring (bicyclic) bond motifs is 6. The second kappa shape index (κ2) is 11.1. The van der Waals surface area contributed by atoms with E-state index in [2.05, 4.69) is 159 Å². The molecule has 0 heteroatoms. The van der Waals surface area contributed by atoms with Crippen LogP contribution < -0.4 is 0 Å². The summed E-state index contributed by atoms with van der Waals surface area (Å²) in [6, 6.07) is 50.5. The SMILES string of the molecule is CC1(C)c2cc(CC3C4=C(C=CCC4)c4ccccc43)ccc2-c2ccc(CC(c3ccccc3)c3cccc4ccccc34)cc21. The average molecular weight is 605 g/mol. The van der Waals surface area contributed by atoms with Crippen LogP contribution in [0.1, 0.15) is 83.0 Å². The molecule has 9 rings (SSSR count). The molecule has 3 aliphatic carbocycles. The fourth-order valence-electron chi connectivity index (χ4n) is 8.98. The van der Waals surface area contributed by atoms with Gasteiger partial charge < -0.3 is 0 Å². The zero-order valence-corrected chi connectivity index (χ0v) is 27.3. The lowest BCUT2D eigenvalue weighted by atomic mass is 9.79. The van der Waals surface area contributed by atoms with Crippen LogP contribution in [0.15, 0.2) is 151 Å². The van der Waals surface area contributed by atoms with Crippen LogP contribution in [-0.2, 0) is 18.3 Å². The Morgan fingerprint density at radius 3 is 2.21 bits per heavy atom. The van der Waals surface area contributed by atoms with E-state index >= 15 is 0 Å². The molecule has 0 spiro atoms. The molecule has 0 N–H and O–H groups in total. The molecule has 0 fully saturated rings. The van der Waals surface area contributed by atoms with E-state index < -0.39 is 0 Å². The quantitative estimate of drug-likeness (QED) is 0.177. The maximum atomic E-state index is 2.54. The standard InChI is InChI=1S/C47H40/c1-47(2)45-29-31(27-43(34-13-4-3-5-14-34)36-22-12-16-33-15-6-7-17-35(33)36)23-25-41(45)42-26-24-32(30-46(42)47)28-44-39-20-10-8-18-37(39)38-19-9-11-21-40(38)44/h3-10,12-20,22-26,29-30,43-44H,11,21,27-28H2,1-2H3. The lowest BCUT2D eigenvalue weighted by molar-refractivity contribution is 0.655. The van der Waals surface area contributed by atoms with Crippen LogP contribution in [0.5, 0.6) is 0 Å². The molecule has 2 unspecified atom stereocenters. The van der Waals surface area contributed by atoms with E-state index in [1.807, 2.05) is 0 Å². The van der Waals surface area contributed by atoms with E-state index in [1.165, 1.54) is 78.4 Å². The number of hydrogen-bond donors (Lipinski definition) is 0. The first kappa shape index (κ1) is 28.3. The molecule has 0 amide bonds. The fourth-order valence-corrected chi connectivity index (χ4v) is 8.98. The summed E-state index contributed by atoms with van der Waals surface area (Å²) >= 11 is 0. The van der Waals surface area contributed by atoms with Gasteiger partial charge in [-0.05, 0) is 97.7 Å². The third-order valence-electron chi connectivity index (χ3n) is 11.3. The highest BCUT2D eigenvalue weighted by Gasteiger charge is 2.37. The summed E-state index contributed by atoms with van der Waals surface area (Å²) in [5.74, 6) is 0.758. The molecule has 228 valence electrons. The Kier molecular flexibility index (Phi) is 6.68. The van der Waals surface area contributed by atoms with E-state index in [0.29, 0.717) is 5.92 Å². The molecule has 0 heterocycles. The Bertz CT molecular complexity index is 2220. The number of rotatable bonds is 6. The highest BCUT2D eigenvalue weighted by molar-refractivity contribution is 5.87. The molecule has 0 aromatic heterocycles. The number of benzene rings is 6. The second-order valence-corrected chi connectivity index (χ2v) is 14.3. The third-order valence-corrected chi connectivity index (χ3v) is 11.3. The minimum atomic E-state index is -0.0516. The van der Waals surface area contributed by atoms with Crippen LogP contribution in [0, 0.1) is 0 Å². The largest absolute Gasteiger partial charge is 0.0836 e. The smallest absolute Gasteiger partial charge is 0.0159 e. The molecule has 0 saturated carbocycles. The van der Waals surface area contributed by atoms with Crippen molar-refractivity contribution >= 4 is 16.3 Å². The number of hydrogen-bond acceptors (Lipinski definition) is 0. The summed E-state index contributed by atoms with van der Waals surface area (Å²) in [5, 5.41) is 2.66. The highest BCUT2D eigenvalue weighted by Crippen LogP contribution is 2.51. The van der Waals surface area contributed by atoms with Crippen molar-refractivity contribution in [2.75, 3.05) is 0 Å². The fraction of sp³-hybridized carbons (Fsp3) is 0.191. The van der Waals surface area contributed by atoms with E-state index in [1.54, 1.807) is 5.57 Å². The summed E-state index contributed by atoms with van der Waals surface area (Å²) in [4.78, 5) is 0.